The molecular weight excluding hydrogens is 216 g/mol. The van der Waals surface area contributed by atoms with Crippen molar-refractivity contribution < 1.29 is 4.42 Å². The largest absolute Gasteiger partial charge is 0.417 e. The molecule has 0 aliphatic carbocycles. The van der Waals surface area contributed by atoms with Gasteiger partial charge in [-0.25, -0.2) is 4.79 Å². The highest BCUT2D eigenvalue weighted by Gasteiger charge is 2.02. The Labute approximate surface area is 100 Å². The van der Waals surface area contributed by atoms with Crippen LogP contribution >= 0.6 is 0 Å². The minimum atomic E-state index is -0.390. The fourth-order valence-electron chi connectivity index (χ4n) is 1.84. The van der Waals surface area contributed by atoms with E-state index >= 15 is 0 Å². The topological polar surface area (TPSA) is 58.0 Å². The van der Waals surface area contributed by atoms with E-state index in [1.807, 2.05) is 18.2 Å². The average molecular weight is 234 g/mol. The van der Waals surface area contributed by atoms with E-state index in [0.717, 1.165) is 24.9 Å². The van der Waals surface area contributed by atoms with E-state index < -0.39 is 5.76 Å². The summed E-state index contributed by atoms with van der Waals surface area (Å²) in [6, 6.07) is 6.37. The number of benzene rings is 1. The highest BCUT2D eigenvalue weighted by Crippen LogP contribution is 2.13. The lowest BCUT2D eigenvalue weighted by atomic mass is 10.1. The van der Waals surface area contributed by atoms with Crippen molar-refractivity contribution in [1.29, 1.82) is 0 Å². The molecule has 0 saturated heterocycles. The Bertz CT molecular complexity index is 540. The first-order valence-electron chi connectivity index (χ1n) is 6.00. The van der Waals surface area contributed by atoms with Gasteiger partial charge >= 0.3 is 5.76 Å². The van der Waals surface area contributed by atoms with Crippen LogP contribution < -0.4 is 11.1 Å². The van der Waals surface area contributed by atoms with Crippen LogP contribution in [0.2, 0.25) is 0 Å². The molecule has 1 heterocycles. The summed E-state index contributed by atoms with van der Waals surface area (Å²) in [4.78, 5) is 13.7. The van der Waals surface area contributed by atoms with Gasteiger partial charge in [0, 0.05) is 6.04 Å². The van der Waals surface area contributed by atoms with Crippen LogP contribution in [0.25, 0.3) is 11.1 Å². The molecule has 0 saturated carbocycles. The van der Waals surface area contributed by atoms with E-state index in [4.69, 9.17) is 4.42 Å². The molecule has 0 radical (unpaired) electrons. The predicted molar refractivity (Wildman–Crippen MR) is 68.3 cm³/mol. The lowest BCUT2D eigenvalue weighted by molar-refractivity contribution is 0.555. The van der Waals surface area contributed by atoms with Gasteiger partial charge in [0.25, 0.3) is 0 Å². The number of rotatable bonds is 5. The van der Waals surface area contributed by atoms with Crippen LogP contribution in [0, 0.1) is 0 Å². The van der Waals surface area contributed by atoms with E-state index in [1.54, 1.807) is 0 Å². The van der Waals surface area contributed by atoms with Crippen molar-refractivity contribution >= 4 is 11.1 Å². The molecule has 0 spiro atoms. The SMILES string of the molecule is CC(C)NCCCc1ccc2oc(=O)[nH]c2c1. The number of H-pyrrole nitrogens is 1. The molecule has 0 aliphatic heterocycles. The normalized spacial score (nSPS) is 11.5. The molecule has 1 aromatic carbocycles. The van der Waals surface area contributed by atoms with Gasteiger partial charge in [0.15, 0.2) is 5.58 Å². The number of fused-ring (bicyclic) bond motifs is 1. The molecule has 92 valence electrons. The van der Waals surface area contributed by atoms with Crippen molar-refractivity contribution in [2.75, 3.05) is 6.54 Å². The second kappa shape index (κ2) is 5.19. The van der Waals surface area contributed by atoms with Gasteiger partial charge in [-0.3, -0.25) is 4.98 Å². The lowest BCUT2D eigenvalue weighted by Crippen LogP contribution is -2.23. The minimum Gasteiger partial charge on any atom is -0.408 e. The van der Waals surface area contributed by atoms with Crippen molar-refractivity contribution in [3.05, 3.63) is 34.3 Å². The molecule has 0 bridgehead atoms. The summed E-state index contributed by atoms with van der Waals surface area (Å²) in [5, 5.41) is 3.38. The van der Waals surface area contributed by atoms with Crippen molar-refractivity contribution in [2.45, 2.75) is 32.7 Å². The molecule has 4 heteroatoms. The van der Waals surface area contributed by atoms with Gasteiger partial charge in [-0.05, 0) is 37.1 Å². The molecule has 1 aromatic heterocycles. The standard InChI is InChI=1S/C13H18N2O2/c1-9(2)14-7-3-4-10-5-6-12-11(8-10)15-13(16)17-12/h5-6,8-9,14H,3-4,7H2,1-2H3,(H,15,16). The maximum absolute atomic E-state index is 11.0. The Morgan fingerprint density at radius 1 is 1.41 bits per heavy atom. The van der Waals surface area contributed by atoms with Crippen molar-refractivity contribution in [3.63, 3.8) is 0 Å². The zero-order chi connectivity index (χ0) is 12.3. The molecule has 0 unspecified atom stereocenters. The molecule has 17 heavy (non-hydrogen) atoms. The molecule has 4 nitrogen and oxygen atoms in total. The van der Waals surface area contributed by atoms with Gasteiger partial charge in [-0.2, -0.15) is 0 Å². The first-order valence-corrected chi connectivity index (χ1v) is 6.00. The van der Waals surface area contributed by atoms with E-state index in [1.165, 1.54) is 5.56 Å². The van der Waals surface area contributed by atoms with Crippen molar-refractivity contribution in [3.8, 4) is 0 Å². The first-order chi connectivity index (χ1) is 8.15. The van der Waals surface area contributed by atoms with E-state index in [-0.39, 0.29) is 0 Å². The van der Waals surface area contributed by atoms with Gasteiger partial charge in [0.05, 0.1) is 5.52 Å². The Hall–Kier alpha value is -1.55. The Kier molecular flexibility index (Phi) is 3.64. The number of aromatic amines is 1. The van der Waals surface area contributed by atoms with Crippen LogP contribution in [0.3, 0.4) is 0 Å². The maximum atomic E-state index is 11.0. The third-order valence-electron chi connectivity index (χ3n) is 2.68. The van der Waals surface area contributed by atoms with E-state index in [0.29, 0.717) is 11.6 Å². The summed E-state index contributed by atoms with van der Waals surface area (Å²) in [5.74, 6) is -0.390. The zero-order valence-electron chi connectivity index (χ0n) is 10.2. The summed E-state index contributed by atoms with van der Waals surface area (Å²) in [6.07, 6.45) is 2.09. The van der Waals surface area contributed by atoms with E-state index in [2.05, 4.69) is 24.1 Å². The van der Waals surface area contributed by atoms with E-state index in [9.17, 15) is 4.79 Å². The molecule has 0 aliphatic rings. The lowest BCUT2D eigenvalue weighted by Gasteiger charge is -2.07. The highest BCUT2D eigenvalue weighted by molar-refractivity contribution is 5.72. The van der Waals surface area contributed by atoms with Crippen LogP contribution in [-0.4, -0.2) is 17.6 Å². The Balaban J connectivity index is 1.97. The third-order valence-corrected chi connectivity index (χ3v) is 2.68. The molecule has 2 rings (SSSR count). The van der Waals surface area contributed by atoms with Crippen molar-refractivity contribution in [1.82, 2.24) is 10.3 Å². The average Bonchev–Trinajstić information content (AvgIpc) is 2.63. The van der Waals surface area contributed by atoms with Crippen LogP contribution in [0.1, 0.15) is 25.8 Å². The van der Waals surface area contributed by atoms with Crippen LogP contribution in [0.15, 0.2) is 27.4 Å². The summed E-state index contributed by atoms with van der Waals surface area (Å²) in [5.41, 5.74) is 2.63. The molecule has 0 fully saturated rings. The number of aryl methyl sites for hydroxylation is 1. The van der Waals surface area contributed by atoms with Gasteiger partial charge < -0.3 is 9.73 Å². The predicted octanol–water partition coefficient (Wildman–Crippen LogP) is 2.05. The van der Waals surface area contributed by atoms with Crippen LogP contribution in [0.4, 0.5) is 0 Å². The molecule has 0 atom stereocenters. The summed E-state index contributed by atoms with van der Waals surface area (Å²) >= 11 is 0. The van der Waals surface area contributed by atoms with Gasteiger partial charge in [-0.1, -0.05) is 19.9 Å². The smallest absolute Gasteiger partial charge is 0.408 e. The second-order valence-corrected chi connectivity index (χ2v) is 4.56. The van der Waals surface area contributed by atoms with Crippen LogP contribution in [0.5, 0.6) is 0 Å². The summed E-state index contributed by atoms with van der Waals surface area (Å²) in [7, 11) is 0. The summed E-state index contributed by atoms with van der Waals surface area (Å²) < 4.78 is 4.96. The monoisotopic (exact) mass is 234 g/mol. The third kappa shape index (κ3) is 3.20. The molecule has 2 N–H and O–H groups in total. The number of hydrogen-bond acceptors (Lipinski definition) is 3. The quantitative estimate of drug-likeness (QED) is 0.778. The fraction of sp³-hybridized carbons (Fsp3) is 0.462. The molecule has 0 amide bonds. The number of aromatic nitrogens is 1. The van der Waals surface area contributed by atoms with Gasteiger partial charge in [-0.15, -0.1) is 0 Å². The van der Waals surface area contributed by atoms with Crippen LogP contribution in [-0.2, 0) is 6.42 Å². The van der Waals surface area contributed by atoms with Gasteiger partial charge in [0.2, 0.25) is 0 Å². The number of oxazole rings is 1. The number of hydrogen-bond donors (Lipinski definition) is 2. The number of nitrogens with one attached hydrogen (secondary N) is 2. The summed E-state index contributed by atoms with van der Waals surface area (Å²) in [6.45, 7) is 5.29. The second-order valence-electron chi connectivity index (χ2n) is 4.56. The molecule has 2 aromatic rings. The van der Waals surface area contributed by atoms with Crippen molar-refractivity contribution in [2.24, 2.45) is 0 Å². The minimum absolute atomic E-state index is 0.390. The highest BCUT2D eigenvalue weighted by atomic mass is 16.4. The zero-order valence-corrected chi connectivity index (χ0v) is 10.2. The Morgan fingerprint density at radius 2 is 2.24 bits per heavy atom. The maximum Gasteiger partial charge on any atom is 0.417 e. The molecular formula is C13H18N2O2. The van der Waals surface area contributed by atoms with Gasteiger partial charge in [0.1, 0.15) is 0 Å². The Morgan fingerprint density at radius 3 is 3.00 bits per heavy atom. The first kappa shape index (κ1) is 11.9. The fourth-order valence-corrected chi connectivity index (χ4v) is 1.84.